The van der Waals surface area contributed by atoms with Gasteiger partial charge in [0.05, 0.1) is 0 Å². The molecular formula is C13H12O. The molecule has 0 fully saturated rings. The van der Waals surface area contributed by atoms with Gasteiger partial charge in [-0.3, -0.25) is 4.79 Å². The summed E-state index contributed by atoms with van der Waals surface area (Å²) in [6, 6.07) is 5.83. The predicted octanol–water partition coefficient (Wildman–Crippen LogP) is 2.98. The van der Waals surface area contributed by atoms with E-state index in [1.54, 1.807) is 0 Å². The highest BCUT2D eigenvalue weighted by atomic mass is 16.1. The second-order valence-corrected chi connectivity index (χ2v) is 3.61. The number of hydrogen-bond acceptors (Lipinski definition) is 1. The molecule has 0 aromatic heterocycles. The quantitative estimate of drug-likeness (QED) is 0.646. The lowest BCUT2D eigenvalue weighted by atomic mass is 9.96. The van der Waals surface area contributed by atoms with E-state index in [1.807, 2.05) is 50.3 Å². The number of allylic oxidation sites excluding steroid dienone is 4. The Kier molecular flexibility index (Phi) is 2.08. The highest BCUT2D eigenvalue weighted by Crippen LogP contribution is 2.17. The van der Waals surface area contributed by atoms with Crippen LogP contribution in [-0.2, 0) is 0 Å². The fourth-order valence-corrected chi connectivity index (χ4v) is 1.39. The number of Topliss-reactive ketones (excluding diaryl/α,β-unsaturated/α-hetero) is 1. The first-order valence-electron chi connectivity index (χ1n) is 4.69. The van der Waals surface area contributed by atoms with Crippen molar-refractivity contribution in [2.45, 2.75) is 13.8 Å². The summed E-state index contributed by atoms with van der Waals surface area (Å²) in [7, 11) is 0. The maximum Gasteiger partial charge on any atom is 0.193 e. The van der Waals surface area contributed by atoms with Gasteiger partial charge >= 0.3 is 0 Å². The summed E-state index contributed by atoms with van der Waals surface area (Å²) in [6.45, 7) is 4.07. The minimum atomic E-state index is 0.121. The summed E-state index contributed by atoms with van der Waals surface area (Å²) in [5, 5.41) is 0. The molecule has 0 saturated heterocycles. The summed E-state index contributed by atoms with van der Waals surface area (Å²) < 4.78 is 0. The molecule has 0 bridgehead atoms. The van der Waals surface area contributed by atoms with Crippen molar-refractivity contribution in [3.05, 3.63) is 58.7 Å². The molecule has 0 aliphatic heterocycles. The Morgan fingerprint density at radius 1 is 1.14 bits per heavy atom. The lowest BCUT2D eigenvalue weighted by Crippen LogP contribution is -2.04. The number of carbonyl (C=O) groups is 1. The Hall–Kier alpha value is -1.63. The fourth-order valence-electron chi connectivity index (χ4n) is 1.39. The van der Waals surface area contributed by atoms with Gasteiger partial charge in [0.2, 0.25) is 0 Å². The van der Waals surface area contributed by atoms with E-state index in [0.717, 1.165) is 11.1 Å². The van der Waals surface area contributed by atoms with Crippen LogP contribution in [-0.4, -0.2) is 5.78 Å². The monoisotopic (exact) mass is 184 g/mol. The number of carbonyl (C=O) groups excluding carboxylic acids is 1. The third-order valence-electron chi connectivity index (χ3n) is 2.58. The first kappa shape index (κ1) is 8.95. The minimum Gasteiger partial charge on any atom is -0.289 e. The lowest BCUT2D eigenvalue weighted by Gasteiger charge is -2.07. The van der Waals surface area contributed by atoms with Crippen LogP contribution in [0, 0.1) is 13.8 Å². The second-order valence-electron chi connectivity index (χ2n) is 3.61. The van der Waals surface area contributed by atoms with E-state index in [-0.39, 0.29) is 5.78 Å². The lowest BCUT2D eigenvalue weighted by molar-refractivity contribution is 0.103. The number of rotatable bonds is 2. The normalized spacial score (nSPS) is 13.4. The van der Waals surface area contributed by atoms with E-state index >= 15 is 0 Å². The Morgan fingerprint density at radius 2 is 1.86 bits per heavy atom. The van der Waals surface area contributed by atoms with Crippen molar-refractivity contribution in [3.63, 3.8) is 0 Å². The van der Waals surface area contributed by atoms with E-state index in [0.29, 0.717) is 0 Å². The molecule has 0 radical (unpaired) electrons. The molecule has 1 aliphatic carbocycles. The van der Waals surface area contributed by atoms with Crippen LogP contribution in [0.15, 0.2) is 42.0 Å². The summed E-state index contributed by atoms with van der Waals surface area (Å²) >= 11 is 0. The van der Waals surface area contributed by atoms with Crippen molar-refractivity contribution in [1.82, 2.24) is 0 Å². The van der Waals surface area contributed by atoms with Gasteiger partial charge < -0.3 is 0 Å². The number of benzene rings is 1. The number of hydrogen-bond donors (Lipinski definition) is 0. The average molecular weight is 184 g/mol. The fraction of sp³-hybridized carbons (Fsp3) is 0.154. The molecule has 1 aromatic rings. The maximum absolute atomic E-state index is 11.8. The van der Waals surface area contributed by atoms with Gasteiger partial charge in [-0.1, -0.05) is 30.4 Å². The van der Waals surface area contributed by atoms with E-state index in [4.69, 9.17) is 0 Å². The summed E-state index contributed by atoms with van der Waals surface area (Å²) in [5.74, 6) is 0.121. The van der Waals surface area contributed by atoms with Gasteiger partial charge in [0.15, 0.2) is 5.78 Å². The van der Waals surface area contributed by atoms with Crippen LogP contribution in [0.5, 0.6) is 0 Å². The van der Waals surface area contributed by atoms with Crippen LogP contribution in [0.3, 0.4) is 0 Å². The van der Waals surface area contributed by atoms with Crippen LogP contribution in [0.25, 0.3) is 0 Å². The smallest absolute Gasteiger partial charge is 0.193 e. The van der Waals surface area contributed by atoms with E-state index in [2.05, 4.69) is 0 Å². The van der Waals surface area contributed by atoms with Gasteiger partial charge in [-0.15, -0.1) is 0 Å². The van der Waals surface area contributed by atoms with E-state index in [9.17, 15) is 4.79 Å². The largest absolute Gasteiger partial charge is 0.289 e. The van der Waals surface area contributed by atoms with Crippen LogP contribution in [0.1, 0.15) is 21.5 Å². The van der Waals surface area contributed by atoms with Gasteiger partial charge in [0.25, 0.3) is 0 Å². The predicted molar refractivity (Wildman–Crippen MR) is 57.5 cm³/mol. The van der Waals surface area contributed by atoms with Crippen LogP contribution < -0.4 is 0 Å². The molecule has 0 unspecified atom stereocenters. The van der Waals surface area contributed by atoms with Gasteiger partial charge in [-0.05, 0) is 31.0 Å². The van der Waals surface area contributed by atoms with Crippen molar-refractivity contribution >= 4 is 5.78 Å². The van der Waals surface area contributed by atoms with Crippen molar-refractivity contribution in [3.8, 4) is 0 Å². The molecule has 0 saturated carbocycles. The zero-order chi connectivity index (χ0) is 10.1. The van der Waals surface area contributed by atoms with Gasteiger partial charge in [0.1, 0.15) is 0 Å². The molecule has 1 aromatic carbocycles. The third kappa shape index (κ3) is 1.41. The summed E-state index contributed by atoms with van der Waals surface area (Å²) in [5.41, 5.74) is 3.97. The molecule has 2 rings (SSSR count). The molecule has 0 amide bonds. The van der Waals surface area contributed by atoms with E-state index < -0.39 is 0 Å². The molecular weight excluding hydrogens is 172 g/mol. The molecule has 0 atom stereocenters. The van der Waals surface area contributed by atoms with Crippen molar-refractivity contribution in [2.75, 3.05) is 0 Å². The van der Waals surface area contributed by atoms with Crippen molar-refractivity contribution < 1.29 is 4.79 Å². The van der Waals surface area contributed by atoms with Crippen LogP contribution in [0.2, 0.25) is 0 Å². The van der Waals surface area contributed by atoms with Gasteiger partial charge in [-0.2, -0.15) is 0 Å². The van der Waals surface area contributed by atoms with Crippen LogP contribution >= 0.6 is 0 Å². The molecule has 14 heavy (non-hydrogen) atoms. The first-order valence-corrected chi connectivity index (χ1v) is 4.69. The Bertz CT molecular complexity index is 450. The highest BCUT2D eigenvalue weighted by Gasteiger charge is 2.12. The zero-order valence-electron chi connectivity index (χ0n) is 8.37. The molecule has 0 N–H and O–H groups in total. The van der Waals surface area contributed by atoms with Crippen LogP contribution in [0.4, 0.5) is 0 Å². The Labute approximate surface area is 83.8 Å². The standard InChI is InChI=1S/C13H12O/c1-9-6-7-12(8-10(9)2)13(14)11-4-3-5-11/h3-8H,1-2H3. The summed E-state index contributed by atoms with van der Waals surface area (Å²) in [4.78, 5) is 11.8. The topological polar surface area (TPSA) is 17.1 Å². The highest BCUT2D eigenvalue weighted by molar-refractivity contribution is 6.12. The molecule has 1 nitrogen and oxygen atoms in total. The second kappa shape index (κ2) is 3.26. The van der Waals surface area contributed by atoms with Gasteiger partial charge in [0, 0.05) is 11.1 Å². The minimum absolute atomic E-state index is 0.121. The Balaban J connectivity index is 2.33. The number of aryl methyl sites for hydroxylation is 2. The SMILES string of the molecule is Cc1ccc(C(=O)C2=CC=C2)cc1C. The molecule has 1 aliphatic rings. The van der Waals surface area contributed by atoms with E-state index in [1.165, 1.54) is 11.1 Å². The third-order valence-corrected chi connectivity index (χ3v) is 2.58. The molecule has 0 spiro atoms. The molecule has 70 valence electrons. The van der Waals surface area contributed by atoms with Gasteiger partial charge in [-0.25, -0.2) is 0 Å². The van der Waals surface area contributed by atoms with Crippen molar-refractivity contribution in [2.24, 2.45) is 0 Å². The number of ketones is 1. The summed E-state index contributed by atoms with van der Waals surface area (Å²) in [6.07, 6.45) is 5.57. The first-order chi connectivity index (χ1) is 6.68. The Morgan fingerprint density at radius 3 is 2.36 bits per heavy atom. The van der Waals surface area contributed by atoms with Crippen molar-refractivity contribution in [1.29, 1.82) is 0 Å². The zero-order valence-corrected chi connectivity index (χ0v) is 8.37. The molecule has 1 heteroatoms. The average Bonchev–Trinajstić information content (AvgIpc) is 2.06. The maximum atomic E-state index is 11.8. The molecule has 0 heterocycles.